The van der Waals surface area contributed by atoms with Crippen molar-refractivity contribution in [3.05, 3.63) is 69.7 Å². The summed E-state index contributed by atoms with van der Waals surface area (Å²) in [5.74, 6) is 0.0164. The molecule has 2 unspecified atom stereocenters. The van der Waals surface area contributed by atoms with E-state index in [2.05, 4.69) is 21.6 Å². The van der Waals surface area contributed by atoms with Gasteiger partial charge in [-0.15, -0.1) is 0 Å². The topological polar surface area (TPSA) is 78.5 Å². The Morgan fingerprint density at radius 3 is 2.53 bits per heavy atom. The van der Waals surface area contributed by atoms with Gasteiger partial charge in [0.05, 0.1) is 26.7 Å². The van der Waals surface area contributed by atoms with Crippen molar-refractivity contribution in [2.45, 2.75) is 49.6 Å². The van der Waals surface area contributed by atoms with Crippen LogP contribution in [0.3, 0.4) is 0 Å². The van der Waals surface area contributed by atoms with Crippen LogP contribution in [0.1, 0.15) is 44.2 Å². The quantitative estimate of drug-likeness (QED) is 0.431. The van der Waals surface area contributed by atoms with Crippen molar-refractivity contribution >= 4 is 44.8 Å². The molecule has 1 aliphatic rings. The highest BCUT2D eigenvalue weighted by Crippen LogP contribution is 2.30. The van der Waals surface area contributed by atoms with Gasteiger partial charge in [-0.2, -0.15) is 0 Å². The summed E-state index contributed by atoms with van der Waals surface area (Å²) in [6.07, 6.45) is 5.88. The Balaban J connectivity index is 1.62. The predicted molar refractivity (Wildman–Crippen MR) is 140 cm³/mol. The lowest BCUT2D eigenvalue weighted by atomic mass is 10.1. The van der Waals surface area contributed by atoms with E-state index in [0.717, 1.165) is 31.3 Å². The van der Waals surface area contributed by atoms with Crippen LogP contribution in [0.25, 0.3) is 0 Å². The second-order valence-electron chi connectivity index (χ2n) is 8.86. The van der Waals surface area contributed by atoms with Crippen molar-refractivity contribution in [3.63, 3.8) is 0 Å². The Labute approximate surface area is 212 Å². The molecule has 9 heteroatoms. The first-order valence-corrected chi connectivity index (χ1v) is 13.7. The molecular weight excluding hydrogens is 493 g/mol. The molecule has 2 amide bonds. The fourth-order valence-electron chi connectivity index (χ4n) is 4.08. The van der Waals surface area contributed by atoms with E-state index >= 15 is 0 Å². The van der Waals surface area contributed by atoms with Crippen LogP contribution in [0.15, 0.2) is 59.0 Å². The third-order valence-corrected chi connectivity index (χ3v) is 8.62. The molecule has 1 aliphatic carbocycles. The zero-order valence-electron chi connectivity index (χ0n) is 19.6. The highest BCUT2D eigenvalue weighted by Gasteiger charge is 2.22. The van der Waals surface area contributed by atoms with Crippen molar-refractivity contribution in [2.75, 3.05) is 25.2 Å². The molecule has 2 aromatic carbocycles. The number of allylic oxidation sites excluding steroid dienone is 1. The van der Waals surface area contributed by atoms with Crippen LogP contribution >= 0.6 is 23.2 Å². The van der Waals surface area contributed by atoms with Gasteiger partial charge in [-0.25, -0.2) is 13.2 Å². The van der Waals surface area contributed by atoms with Gasteiger partial charge >= 0.3 is 6.03 Å². The molecule has 184 valence electrons. The molecular formula is C25H31Cl2N3O3S. The zero-order chi connectivity index (χ0) is 24.9. The Morgan fingerprint density at radius 2 is 1.85 bits per heavy atom. The molecule has 2 aromatic rings. The third kappa shape index (κ3) is 6.98. The lowest BCUT2D eigenvalue weighted by molar-refractivity contribution is 0.249. The molecule has 0 aromatic heterocycles. The van der Waals surface area contributed by atoms with Crippen molar-refractivity contribution in [3.8, 4) is 0 Å². The summed E-state index contributed by atoms with van der Waals surface area (Å²) in [5, 5.41) is 6.35. The van der Waals surface area contributed by atoms with E-state index in [1.807, 2.05) is 14.1 Å². The molecule has 2 N–H and O–H groups in total. The van der Waals surface area contributed by atoms with Gasteiger partial charge in [-0.1, -0.05) is 47.0 Å². The summed E-state index contributed by atoms with van der Waals surface area (Å²) in [5.41, 5.74) is 2.16. The van der Waals surface area contributed by atoms with Gasteiger partial charge in [0.1, 0.15) is 0 Å². The summed E-state index contributed by atoms with van der Waals surface area (Å²) < 4.78 is 26.0. The molecule has 0 saturated carbocycles. The van der Waals surface area contributed by atoms with Crippen molar-refractivity contribution in [1.82, 2.24) is 10.2 Å². The van der Waals surface area contributed by atoms with E-state index in [0.29, 0.717) is 27.3 Å². The van der Waals surface area contributed by atoms with E-state index in [4.69, 9.17) is 23.2 Å². The molecule has 6 nitrogen and oxygen atoms in total. The number of nitrogens with zero attached hydrogens (tertiary/aromatic N) is 1. The molecule has 0 spiro atoms. The first kappa shape index (κ1) is 26.5. The number of urea groups is 1. The number of amides is 2. The summed E-state index contributed by atoms with van der Waals surface area (Å²) in [7, 11) is 0.595. The first-order valence-electron chi connectivity index (χ1n) is 11.3. The van der Waals surface area contributed by atoms with E-state index in [-0.39, 0.29) is 16.7 Å². The molecule has 3 rings (SSSR count). The average Bonchev–Trinajstić information content (AvgIpc) is 3.01. The van der Waals surface area contributed by atoms with E-state index in [1.54, 1.807) is 37.3 Å². The molecule has 34 heavy (non-hydrogen) atoms. The SMILES string of the molecule is CC(NC(=O)Nc1ccc(S(=O)(=O)CC2=CCCCC(N(C)C)C2)cc1)c1cccc(Cl)c1Cl. The monoisotopic (exact) mass is 523 g/mol. The number of benzene rings is 2. The van der Waals surface area contributed by atoms with Crippen molar-refractivity contribution in [1.29, 1.82) is 0 Å². The summed E-state index contributed by atoms with van der Waals surface area (Å²) in [6.45, 7) is 1.80. The van der Waals surface area contributed by atoms with Gasteiger partial charge in [0, 0.05) is 11.7 Å². The average molecular weight is 525 g/mol. The number of carbonyl (C=O) groups is 1. The third-order valence-electron chi connectivity index (χ3n) is 6.04. The number of nitrogens with one attached hydrogen (secondary N) is 2. The maximum atomic E-state index is 13.0. The Morgan fingerprint density at radius 1 is 1.15 bits per heavy atom. The van der Waals surface area contributed by atoms with Crippen molar-refractivity contribution in [2.24, 2.45) is 0 Å². The standard InChI is InChI=1S/C25H31Cl2N3O3S/c1-17(22-9-6-10-23(26)24(22)27)28-25(31)29-19-11-13-21(14-12-19)34(32,33)16-18-7-4-5-8-20(15-18)30(2)3/h6-7,9-14,17,20H,4-5,8,15-16H2,1-3H3,(H2,28,29,31). The smallest absolute Gasteiger partial charge is 0.319 e. The molecule has 0 fully saturated rings. The van der Waals surface area contributed by atoms with E-state index in [9.17, 15) is 13.2 Å². The van der Waals surface area contributed by atoms with Crippen LogP contribution in [-0.2, 0) is 9.84 Å². The van der Waals surface area contributed by atoms with Gasteiger partial charge in [0.25, 0.3) is 0 Å². The molecule has 0 bridgehead atoms. The molecule has 0 saturated heterocycles. The summed E-state index contributed by atoms with van der Waals surface area (Å²) in [6, 6.07) is 11.0. The normalized spacial score (nSPS) is 17.6. The van der Waals surface area contributed by atoms with Crippen LogP contribution in [-0.4, -0.2) is 45.2 Å². The Bertz CT molecular complexity index is 1150. The van der Waals surface area contributed by atoms with Crippen LogP contribution < -0.4 is 10.6 Å². The van der Waals surface area contributed by atoms with Gasteiger partial charge in [-0.05, 0) is 82.6 Å². The molecule has 0 heterocycles. The minimum absolute atomic E-state index is 0.0164. The highest BCUT2D eigenvalue weighted by atomic mass is 35.5. The van der Waals surface area contributed by atoms with Crippen LogP contribution in [0, 0.1) is 0 Å². The minimum atomic E-state index is -3.48. The minimum Gasteiger partial charge on any atom is -0.331 e. The number of anilines is 1. The Kier molecular flexibility index (Phi) is 9.04. The molecule has 0 aliphatic heterocycles. The highest BCUT2D eigenvalue weighted by molar-refractivity contribution is 7.91. The van der Waals surface area contributed by atoms with Crippen LogP contribution in [0.4, 0.5) is 10.5 Å². The van der Waals surface area contributed by atoms with Gasteiger partial charge in [0.2, 0.25) is 0 Å². The zero-order valence-corrected chi connectivity index (χ0v) is 22.0. The fraction of sp³-hybridized carbons (Fsp3) is 0.400. The number of hydrogen-bond acceptors (Lipinski definition) is 4. The lowest BCUT2D eigenvalue weighted by Crippen LogP contribution is -2.31. The summed E-state index contributed by atoms with van der Waals surface area (Å²) in [4.78, 5) is 14.8. The molecule has 2 atom stereocenters. The number of halogens is 2. The van der Waals surface area contributed by atoms with Crippen LogP contribution in [0.5, 0.6) is 0 Å². The number of carbonyl (C=O) groups excluding carboxylic acids is 1. The summed E-state index contributed by atoms with van der Waals surface area (Å²) >= 11 is 12.3. The van der Waals surface area contributed by atoms with E-state index in [1.165, 1.54) is 12.1 Å². The number of rotatable bonds is 7. The van der Waals surface area contributed by atoms with Gasteiger partial charge in [-0.3, -0.25) is 0 Å². The Hall–Kier alpha value is -2.06. The lowest BCUT2D eigenvalue weighted by Gasteiger charge is -2.23. The van der Waals surface area contributed by atoms with Crippen molar-refractivity contribution < 1.29 is 13.2 Å². The number of sulfone groups is 1. The second kappa shape index (κ2) is 11.6. The largest absolute Gasteiger partial charge is 0.331 e. The molecule has 0 radical (unpaired) electrons. The van der Waals surface area contributed by atoms with E-state index < -0.39 is 15.9 Å². The van der Waals surface area contributed by atoms with Gasteiger partial charge < -0.3 is 15.5 Å². The second-order valence-corrected chi connectivity index (χ2v) is 11.6. The number of hydrogen-bond donors (Lipinski definition) is 2. The maximum absolute atomic E-state index is 13.0. The predicted octanol–water partition coefficient (Wildman–Crippen LogP) is 6.08. The van der Waals surface area contributed by atoms with Gasteiger partial charge in [0.15, 0.2) is 9.84 Å². The fourth-order valence-corrected chi connectivity index (χ4v) is 5.99. The maximum Gasteiger partial charge on any atom is 0.319 e. The first-order chi connectivity index (χ1) is 16.1. The van der Waals surface area contributed by atoms with Crippen LogP contribution in [0.2, 0.25) is 10.0 Å².